The standard InChI is InChI=1S/C17H24N2O.H2/c1-13(2)14-5-7-15(8-6-14)17(20)19(4)16-9-11-18(3)12-10-16;/h5-8,16H,1,9-12H2,2-4H3;1H. The topological polar surface area (TPSA) is 23.6 Å². The number of hydrogen-bond acceptors (Lipinski definition) is 2. The molecule has 0 bridgehead atoms. The van der Waals surface area contributed by atoms with Crippen LogP contribution in [0.3, 0.4) is 0 Å². The lowest BCUT2D eigenvalue weighted by Crippen LogP contribution is -2.44. The number of nitrogens with zero attached hydrogens (tertiary/aromatic N) is 2. The van der Waals surface area contributed by atoms with Crippen LogP contribution in [0.1, 0.15) is 37.1 Å². The van der Waals surface area contributed by atoms with Crippen molar-refractivity contribution < 1.29 is 6.22 Å². The Morgan fingerprint density at radius 3 is 2.25 bits per heavy atom. The third-order valence-corrected chi connectivity index (χ3v) is 4.18. The maximum atomic E-state index is 12.5. The van der Waals surface area contributed by atoms with Gasteiger partial charge in [0.25, 0.3) is 5.91 Å². The van der Waals surface area contributed by atoms with E-state index in [1.54, 1.807) is 0 Å². The third kappa shape index (κ3) is 3.28. The molecule has 1 fully saturated rings. The van der Waals surface area contributed by atoms with E-state index in [0.29, 0.717) is 6.04 Å². The van der Waals surface area contributed by atoms with Gasteiger partial charge in [0.1, 0.15) is 0 Å². The number of piperidine rings is 1. The quantitative estimate of drug-likeness (QED) is 0.845. The molecule has 1 heterocycles. The van der Waals surface area contributed by atoms with Crippen LogP contribution >= 0.6 is 0 Å². The third-order valence-electron chi connectivity index (χ3n) is 4.18. The zero-order valence-electron chi connectivity index (χ0n) is 12.7. The van der Waals surface area contributed by atoms with E-state index < -0.39 is 0 Å². The summed E-state index contributed by atoms with van der Waals surface area (Å²) in [6, 6.07) is 8.10. The van der Waals surface area contributed by atoms with Crippen molar-refractivity contribution in [3.05, 3.63) is 42.0 Å². The second-order valence-corrected chi connectivity index (χ2v) is 5.81. The summed E-state index contributed by atoms with van der Waals surface area (Å²) < 4.78 is 0. The number of rotatable bonds is 3. The van der Waals surface area contributed by atoms with Crippen molar-refractivity contribution in [2.24, 2.45) is 0 Å². The highest BCUT2D eigenvalue weighted by molar-refractivity contribution is 5.94. The van der Waals surface area contributed by atoms with Crippen LogP contribution in [0, 0.1) is 0 Å². The van der Waals surface area contributed by atoms with Gasteiger partial charge in [-0.25, -0.2) is 0 Å². The molecule has 1 aromatic rings. The summed E-state index contributed by atoms with van der Waals surface area (Å²) in [5, 5.41) is 0. The number of allylic oxidation sites excluding steroid dienone is 1. The van der Waals surface area contributed by atoms with Crippen LogP contribution in [-0.2, 0) is 0 Å². The molecule has 1 aliphatic heterocycles. The van der Waals surface area contributed by atoms with Crippen LogP contribution in [0.2, 0.25) is 0 Å². The van der Waals surface area contributed by atoms with E-state index in [1.165, 1.54) is 0 Å². The Balaban J connectivity index is 0.00000220. The first-order valence-corrected chi connectivity index (χ1v) is 7.20. The minimum absolute atomic E-state index is 0. The van der Waals surface area contributed by atoms with Crippen molar-refractivity contribution in [3.8, 4) is 0 Å². The molecule has 0 saturated carbocycles. The first-order chi connectivity index (χ1) is 9.49. The smallest absolute Gasteiger partial charge is 0.253 e. The molecule has 3 nitrogen and oxygen atoms in total. The fourth-order valence-electron chi connectivity index (χ4n) is 2.65. The monoisotopic (exact) mass is 274 g/mol. The van der Waals surface area contributed by atoms with Gasteiger partial charge in [-0.1, -0.05) is 24.3 Å². The minimum atomic E-state index is 0. The van der Waals surface area contributed by atoms with Crippen LogP contribution in [0.25, 0.3) is 5.57 Å². The van der Waals surface area contributed by atoms with Crippen molar-refractivity contribution in [1.82, 2.24) is 9.80 Å². The van der Waals surface area contributed by atoms with Gasteiger partial charge in [-0.3, -0.25) is 4.79 Å². The molecule has 0 unspecified atom stereocenters. The predicted octanol–water partition coefficient (Wildman–Crippen LogP) is 3.13. The van der Waals surface area contributed by atoms with Gasteiger partial charge in [0, 0.05) is 20.1 Å². The lowest BCUT2D eigenvalue weighted by molar-refractivity contribution is 0.0659. The van der Waals surface area contributed by atoms with E-state index in [0.717, 1.165) is 42.6 Å². The van der Waals surface area contributed by atoms with E-state index in [1.807, 2.05) is 43.1 Å². The summed E-state index contributed by atoms with van der Waals surface area (Å²) in [6.07, 6.45) is 2.12. The molecule has 110 valence electrons. The van der Waals surface area contributed by atoms with Gasteiger partial charge in [0.05, 0.1) is 0 Å². The largest absolute Gasteiger partial charge is 0.339 e. The van der Waals surface area contributed by atoms with Gasteiger partial charge in [0.15, 0.2) is 0 Å². The predicted molar refractivity (Wildman–Crippen MR) is 85.9 cm³/mol. The molecule has 3 heteroatoms. The lowest BCUT2D eigenvalue weighted by atomic mass is 10.0. The molecular formula is C17H26N2O. The highest BCUT2D eigenvalue weighted by Crippen LogP contribution is 2.18. The van der Waals surface area contributed by atoms with Gasteiger partial charge in [-0.05, 0) is 57.6 Å². The second kappa shape index (κ2) is 6.23. The summed E-state index contributed by atoms with van der Waals surface area (Å²) in [5.74, 6) is 0.118. The average Bonchev–Trinajstić information content (AvgIpc) is 2.46. The molecule has 20 heavy (non-hydrogen) atoms. The Morgan fingerprint density at radius 2 is 1.75 bits per heavy atom. The van der Waals surface area contributed by atoms with Crippen LogP contribution in [0.4, 0.5) is 0 Å². The molecule has 0 radical (unpaired) electrons. The van der Waals surface area contributed by atoms with Gasteiger partial charge in [-0.2, -0.15) is 0 Å². The average molecular weight is 274 g/mol. The summed E-state index contributed by atoms with van der Waals surface area (Å²) >= 11 is 0. The Hall–Kier alpha value is -1.61. The van der Waals surface area contributed by atoms with Gasteiger partial charge in [-0.15, -0.1) is 0 Å². The first-order valence-electron chi connectivity index (χ1n) is 7.20. The summed E-state index contributed by atoms with van der Waals surface area (Å²) in [5.41, 5.74) is 2.87. The Kier molecular flexibility index (Phi) is 4.61. The fourth-order valence-corrected chi connectivity index (χ4v) is 2.65. The highest BCUT2D eigenvalue weighted by atomic mass is 16.2. The number of carbonyl (C=O) groups excluding carboxylic acids is 1. The van der Waals surface area contributed by atoms with E-state index in [4.69, 9.17) is 0 Å². The van der Waals surface area contributed by atoms with Crippen molar-refractivity contribution >= 4 is 11.5 Å². The normalized spacial score (nSPS) is 16.9. The van der Waals surface area contributed by atoms with Crippen LogP contribution in [0.5, 0.6) is 0 Å². The van der Waals surface area contributed by atoms with E-state index in [2.05, 4.69) is 18.5 Å². The van der Waals surface area contributed by atoms with E-state index in [-0.39, 0.29) is 7.33 Å². The van der Waals surface area contributed by atoms with E-state index in [9.17, 15) is 4.79 Å². The Labute approximate surface area is 123 Å². The molecular weight excluding hydrogens is 248 g/mol. The number of benzene rings is 1. The number of carbonyl (C=O) groups is 1. The zero-order chi connectivity index (χ0) is 14.7. The van der Waals surface area contributed by atoms with Crippen LogP contribution in [0.15, 0.2) is 30.8 Å². The number of amides is 1. The SMILES string of the molecule is C=C(C)c1ccc(C(=O)N(C)C2CCN(C)CC2)cc1.[HH]. The van der Waals surface area contributed by atoms with Crippen molar-refractivity contribution in [1.29, 1.82) is 0 Å². The molecule has 1 amide bonds. The molecule has 1 aromatic carbocycles. The highest BCUT2D eigenvalue weighted by Gasteiger charge is 2.24. The van der Waals surface area contributed by atoms with Crippen LogP contribution in [-0.4, -0.2) is 48.9 Å². The number of likely N-dealkylation sites (tertiary alicyclic amines) is 1. The van der Waals surface area contributed by atoms with Gasteiger partial charge >= 0.3 is 0 Å². The summed E-state index contributed by atoms with van der Waals surface area (Å²) in [7, 11) is 4.05. The van der Waals surface area contributed by atoms with E-state index >= 15 is 0 Å². The van der Waals surface area contributed by atoms with Crippen molar-refractivity contribution in [2.75, 3.05) is 27.2 Å². The molecule has 0 N–H and O–H groups in total. The van der Waals surface area contributed by atoms with Gasteiger partial charge < -0.3 is 9.80 Å². The second-order valence-electron chi connectivity index (χ2n) is 5.81. The fraction of sp³-hybridized carbons (Fsp3) is 0.471. The van der Waals surface area contributed by atoms with Crippen LogP contribution < -0.4 is 0 Å². The Morgan fingerprint density at radius 1 is 1.25 bits per heavy atom. The maximum absolute atomic E-state index is 12.5. The molecule has 0 aliphatic carbocycles. The molecule has 0 spiro atoms. The molecule has 0 aromatic heterocycles. The summed E-state index contributed by atoms with van der Waals surface area (Å²) in [4.78, 5) is 16.7. The first kappa shape index (κ1) is 14.8. The molecule has 2 rings (SSSR count). The molecule has 1 saturated heterocycles. The molecule has 0 atom stereocenters. The molecule has 1 aliphatic rings. The zero-order valence-corrected chi connectivity index (χ0v) is 12.7. The number of hydrogen-bond donors (Lipinski definition) is 0. The van der Waals surface area contributed by atoms with Crippen molar-refractivity contribution in [2.45, 2.75) is 25.8 Å². The van der Waals surface area contributed by atoms with Crippen molar-refractivity contribution in [3.63, 3.8) is 0 Å². The van der Waals surface area contributed by atoms with Gasteiger partial charge in [0.2, 0.25) is 0 Å². The minimum Gasteiger partial charge on any atom is -0.339 e. The lowest BCUT2D eigenvalue weighted by Gasteiger charge is -2.35. The summed E-state index contributed by atoms with van der Waals surface area (Å²) in [6.45, 7) is 8.02. The Bertz CT molecular complexity index is 490. The maximum Gasteiger partial charge on any atom is 0.253 e.